The van der Waals surface area contributed by atoms with Gasteiger partial charge in [-0.15, -0.1) is 0 Å². The van der Waals surface area contributed by atoms with Gasteiger partial charge in [-0.05, 0) is 47.5 Å². The summed E-state index contributed by atoms with van der Waals surface area (Å²) in [7, 11) is 0. The van der Waals surface area contributed by atoms with E-state index in [1.54, 1.807) is 6.20 Å². The molecule has 6 rings (SSSR count). The Morgan fingerprint density at radius 2 is 1.69 bits per heavy atom. The molecule has 142 valence electrons. The molecular formula is C27H23NO. The molecule has 1 aliphatic carbocycles. The molecule has 2 nitrogen and oxygen atoms in total. The Labute approximate surface area is 173 Å². The number of rotatable bonds is 3. The second-order valence-electron chi connectivity index (χ2n) is 8.00. The molecule has 3 aromatic carbocycles. The van der Waals surface area contributed by atoms with E-state index in [1.807, 2.05) is 36.4 Å². The van der Waals surface area contributed by atoms with Gasteiger partial charge in [-0.3, -0.25) is 4.98 Å². The van der Waals surface area contributed by atoms with Gasteiger partial charge in [0.1, 0.15) is 11.2 Å². The summed E-state index contributed by atoms with van der Waals surface area (Å²) in [4.78, 5) is 4.61. The van der Waals surface area contributed by atoms with Crippen LogP contribution in [-0.2, 0) is 6.37 Å². The Morgan fingerprint density at radius 1 is 0.862 bits per heavy atom. The third kappa shape index (κ3) is 2.82. The van der Waals surface area contributed by atoms with Crippen LogP contribution in [0, 0.1) is 5.92 Å². The van der Waals surface area contributed by atoms with Gasteiger partial charge in [-0.1, -0.05) is 68.1 Å². The lowest BCUT2D eigenvalue weighted by Crippen LogP contribution is -1.99. The van der Waals surface area contributed by atoms with Gasteiger partial charge in [-0.25, -0.2) is 0 Å². The molecule has 0 atom stereocenters. The quantitative estimate of drug-likeness (QED) is 0.324. The first-order valence-electron chi connectivity index (χ1n) is 11.4. The second kappa shape index (κ2) is 6.73. The van der Waals surface area contributed by atoms with Gasteiger partial charge in [0.05, 0.1) is 5.69 Å². The largest absolute Gasteiger partial charge is 0.455 e. The fourth-order valence-electron chi connectivity index (χ4n) is 4.70. The summed E-state index contributed by atoms with van der Waals surface area (Å²) in [5.74, 6) is 0.0797. The van der Waals surface area contributed by atoms with E-state index in [2.05, 4.69) is 35.3 Å². The maximum atomic E-state index is 8.78. The highest BCUT2D eigenvalue weighted by Crippen LogP contribution is 2.38. The monoisotopic (exact) mass is 379 g/mol. The van der Waals surface area contributed by atoms with Crippen LogP contribution in [-0.4, -0.2) is 4.98 Å². The molecule has 0 aliphatic heterocycles. The van der Waals surface area contributed by atoms with Gasteiger partial charge >= 0.3 is 0 Å². The minimum Gasteiger partial charge on any atom is -0.455 e. The normalized spacial score (nSPS) is 16.6. The summed E-state index contributed by atoms with van der Waals surface area (Å²) in [6.45, 7) is 0. The highest BCUT2D eigenvalue weighted by Gasteiger charge is 2.17. The average Bonchev–Trinajstić information content (AvgIpc) is 3.48. The van der Waals surface area contributed by atoms with E-state index in [-0.39, 0.29) is 5.92 Å². The molecule has 0 N–H and O–H groups in total. The number of hydrogen-bond acceptors (Lipinski definition) is 2. The first-order chi connectivity index (χ1) is 15.1. The van der Waals surface area contributed by atoms with Crippen molar-refractivity contribution in [2.24, 2.45) is 5.92 Å². The zero-order chi connectivity index (χ0) is 21.0. The van der Waals surface area contributed by atoms with Crippen molar-refractivity contribution in [1.82, 2.24) is 4.98 Å². The van der Waals surface area contributed by atoms with Crippen LogP contribution < -0.4 is 0 Å². The Morgan fingerprint density at radius 3 is 2.62 bits per heavy atom. The molecule has 2 heteroatoms. The Hall–Kier alpha value is -3.13. The third-order valence-corrected chi connectivity index (χ3v) is 6.15. The summed E-state index contributed by atoms with van der Waals surface area (Å²) in [5, 5.41) is 4.40. The predicted molar refractivity (Wildman–Crippen MR) is 120 cm³/mol. The van der Waals surface area contributed by atoms with Gasteiger partial charge in [0.25, 0.3) is 0 Å². The van der Waals surface area contributed by atoms with Crippen molar-refractivity contribution in [2.45, 2.75) is 32.1 Å². The topological polar surface area (TPSA) is 26.0 Å². The van der Waals surface area contributed by atoms with Crippen molar-refractivity contribution < 1.29 is 7.16 Å². The zero-order valence-corrected chi connectivity index (χ0v) is 16.2. The Balaban J connectivity index is 1.54. The highest BCUT2D eigenvalue weighted by molar-refractivity contribution is 6.17. The fraction of sp³-hybridized carbons (Fsp3) is 0.222. The summed E-state index contributed by atoms with van der Waals surface area (Å²) >= 11 is 0. The molecule has 0 unspecified atom stereocenters. The van der Waals surface area contributed by atoms with E-state index in [9.17, 15) is 0 Å². The molecule has 0 radical (unpaired) electrons. The van der Waals surface area contributed by atoms with Crippen molar-refractivity contribution >= 4 is 32.7 Å². The van der Waals surface area contributed by atoms with Crippen molar-refractivity contribution in [3.63, 3.8) is 0 Å². The Bertz CT molecular complexity index is 1430. The third-order valence-electron chi connectivity index (χ3n) is 6.15. The van der Waals surface area contributed by atoms with E-state index in [1.165, 1.54) is 0 Å². The number of furan rings is 1. The molecule has 1 saturated carbocycles. The van der Waals surface area contributed by atoms with Crippen LogP contribution in [0.1, 0.15) is 34.0 Å². The van der Waals surface area contributed by atoms with Crippen LogP contribution in [0.25, 0.3) is 44.0 Å². The molecule has 1 aliphatic rings. The van der Waals surface area contributed by atoms with Crippen molar-refractivity contribution in [2.75, 3.05) is 0 Å². The van der Waals surface area contributed by atoms with Gasteiger partial charge in [0.15, 0.2) is 0 Å². The number of hydrogen-bond donors (Lipinski definition) is 0. The molecule has 2 heterocycles. The van der Waals surface area contributed by atoms with Crippen LogP contribution in [0.15, 0.2) is 77.3 Å². The van der Waals surface area contributed by atoms with Gasteiger partial charge in [0.2, 0.25) is 0 Å². The first-order valence-corrected chi connectivity index (χ1v) is 10.4. The molecular weight excluding hydrogens is 354 g/mol. The van der Waals surface area contributed by atoms with E-state index < -0.39 is 6.37 Å². The van der Waals surface area contributed by atoms with Crippen molar-refractivity contribution in [3.05, 3.63) is 78.5 Å². The SMILES string of the molecule is [2H]C([2H])(c1ccnc(-c2cccc3c2oc2c4ccccc4ccc32)c1)C1CCCC1. The number of nitrogens with zero attached hydrogens (tertiary/aromatic N) is 1. The number of para-hydroxylation sites is 1. The van der Waals surface area contributed by atoms with Crippen LogP contribution in [0.5, 0.6) is 0 Å². The predicted octanol–water partition coefficient (Wildman–Crippen LogP) is 7.53. The lowest BCUT2D eigenvalue weighted by atomic mass is 9.97. The fourth-order valence-corrected chi connectivity index (χ4v) is 4.70. The number of aromatic nitrogens is 1. The lowest BCUT2D eigenvalue weighted by Gasteiger charge is -2.10. The minimum atomic E-state index is -1.34. The number of pyridine rings is 1. The number of fused-ring (bicyclic) bond motifs is 5. The molecule has 0 amide bonds. The molecule has 0 saturated heterocycles. The smallest absolute Gasteiger partial charge is 0.144 e. The standard InChI is InChI=1S/C27H23NO/c1-2-7-18(6-1)16-19-14-15-28-25(17-19)24-11-5-10-22-23-13-12-20-8-3-4-9-21(20)26(23)29-27(22)24/h3-5,8-15,17-18H,1-2,6-7,16H2/i16D2. The second-order valence-corrected chi connectivity index (χ2v) is 8.00. The van der Waals surface area contributed by atoms with E-state index in [0.717, 1.165) is 69.7 Å². The molecule has 2 aromatic heterocycles. The minimum absolute atomic E-state index is 0.0797. The Kier molecular flexibility index (Phi) is 3.44. The lowest BCUT2D eigenvalue weighted by molar-refractivity contribution is 0.546. The van der Waals surface area contributed by atoms with Gasteiger partial charge < -0.3 is 4.42 Å². The van der Waals surface area contributed by atoms with Crippen LogP contribution in [0.4, 0.5) is 0 Å². The number of benzene rings is 3. The van der Waals surface area contributed by atoms with E-state index in [4.69, 9.17) is 7.16 Å². The zero-order valence-electron chi connectivity index (χ0n) is 18.2. The first kappa shape index (κ1) is 14.8. The maximum absolute atomic E-state index is 8.78. The maximum Gasteiger partial charge on any atom is 0.144 e. The van der Waals surface area contributed by atoms with Crippen LogP contribution in [0.3, 0.4) is 0 Å². The summed E-state index contributed by atoms with van der Waals surface area (Å²) in [5.41, 5.74) is 4.07. The summed E-state index contributed by atoms with van der Waals surface area (Å²) in [6.07, 6.45) is 4.54. The van der Waals surface area contributed by atoms with Crippen LogP contribution in [0.2, 0.25) is 0 Å². The summed E-state index contributed by atoms with van der Waals surface area (Å²) in [6, 6.07) is 22.4. The van der Waals surface area contributed by atoms with Crippen molar-refractivity contribution in [1.29, 1.82) is 0 Å². The summed E-state index contributed by atoms with van der Waals surface area (Å²) < 4.78 is 24.0. The molecule has 5 aromatic rings. The van der Waals surface area contributed by atoms with Crippen molar-refractivity contribution in [3.8, 4) is 11.3 Å². The van der Waals surface area contributed by atoms with E-state index >= 15 is 0 Å². The molecule has 1 fully saturated rings. The highest BCUT2D eigenvalue weighted by atomic mass is 16.3. The van der Waals surface area contributed by atoms with E-state index in [0.29, 0.717) is 5.56 Å². The molecule has 29 heavy (non-hydrogen) atoms. The van der Waals surface area contributed by atoms with Gasteiger partial charge in [0, 0.05) is 30.7 Å². The molecule has 0 bridgehead atoms. The molecule has 0 spiro atoms. The van der Waals surface area contributed by atoms with Gasteiger partial charge in [-0.2, -0.15) is 0 Å². The average molecular weight is 379 g/mol. The van der Waals surface area contributed by atoms with Crippen LogP contribution >= 0.6 is 0 Å².